The Bertz CT molecular complexity index is 973. The molecule has 1 aliphatic rings. The first-order chi connectivity index (χ1) is 15.7. The number of carbonyl (C=O) groups excluding carboxylic acids is 2. The van der Waals surface area contributed by atoms with Gasteiger partial charge in [0.15, 0.2) is 5.82 Å². The molecule has 9 heteroatoms. The quantitative estimate of drug-likeness (QED) is 0.574. The highest BCUT2D eigenvalue weighted by Gasteiger charge is 2.26. The minimum atomic E-state index is -0.0146. The minimum Gasteiger partial charge on any atom is -0.352 e. The smallest absolute Gasteiger partial charge is 0.242 e. The average Bonchev–Trinajstić information content (AvgIpc) is 2.77. The number of amides is 2. The second kappa shape index (κ2) is 11.2. The van der Waals surface area contributed by atoms with Crippen LogP contribution in [0.2, 0.25) is 10.0 Å². The summed E-state index contributed by atoms with van der Waals surface area (Å²) in [6.07, 6.45) is 0.454. The van der Waals surface area contributed by atoms with Crippen LogP contribution in [0.5, 0.6) is 0 Å². The number of carbonyl (C=O) groups is 2. The third-order valence-electron chi connectivity index (χ3n) is 5.65. The van der Waals surface area contributed by atoms with Gasteiger partial charge in [-0.1, -0.05) is 37.0 Å². The Morgan fingerprint density at radius 1 is 1.00 bits per heavy atom. The van der Waals surface area contributed by atoms with E-state index in [-0.39, 0.29) is 30.3 Å². The minimum absolute atomic E-state index is 0.00979. The summed E-state index contributed by atoms with van der Waals surface area (Å²) in [5.41, 5.74) is 1.45. The molecule has 0 aliphatic carbocycles. The normalized spacial score (nSPS) is 14.2. The van der Waals surface area contributed by atoms with Crippen molar-refractivity contribution < 1.29 is 9.59 Å². The number of piperazine rings is 1. The number of hydrogen-bond acceptors (Lipinski definition) is 5. The van der Waals surface area contributed by atoms with Crippen molar-refractivity contribution in [2.24, 2.45) is 5.92 Å². The van der Waals surface area contributed by atoms with Gasteiger partial charge in [0.05, 0.1) is 17.3 Å². The molecule has 0 spiro atoms. The van der Waals surface area contributed by atoms with Gasteiger partial charge in [-0.25, -0.2) is 0 Å². The van der Waals surface area contributed by atoms with Gasteiger partial charge < -0.3 is 14.7 Å². The highest BCUT2D eigenvalue weighted by Crippen LogP contribution is 2.29. The molecule has 0 unspecified atom stereocenters. The summed E-state index contributed by atoms with van der Waals surface area (Å²) in [5, 5.41) is 9.79. The summed E-state index contributed by atoms with van der Waals surface area (Å²) >= 11 is 12.2. The molecule has 0 radical (unpaired) electrons. The number of benzene rings is 1. The molecule has 1 saturated heterocycles. The van der Waals surface area contributed by atoms with Crippen molar-refractivity contribution >= 4 is 40.8 Å². The van der Waals surface area contributed by atoms with Crippen molar-refractivity contribution in [3.63, 3.8) is 0 Å². The summed E-state index contributed by atoms with van der Waals surface area (Å²) in [6.45, 7) is 10.5. The average molecular weight is 492 g/mol. The van der Waals surface area contributed by atoms with E-state index >= 15 is 0 Å². The molecule has 33 heavy (non-hydrogen) atoms. The molecule has 1 aromatic heterocycles. The fraction of sp³-hybridized carbons (Fsp3) is 0.500. The number of anilines is 1. The Hall–Kier alpha value is -2.38. The lowest BCUT2D eigenvalue weighted by molar-refractivity contribution is -0.142. The van der Waals surface area contributed by atoms with E-state index in [1.165, 1.54) is 0 Å². The van der Waals surface area contributed by atoms with Crippen LogP contribution in [0.15, 0.2) is 30.3 Å². The fourth-order valence-electron chi connectivity index (χ4n) is 3.79. The zero-order valence-corrected chi connectivity index (χ0v) is 21.1. The maximum absolute atomic E-state index is 12.9. The third kappa shape index (κ3) is 6.58. The van der Waals surface area contributed by atoms with Crippen LogP contribution >= 0.6 is 23.2 Å². The third-order valence-corrected chi connectivity index (χ3v) is 6.19. The molecule has 7 nitrogen and oxygen atoms in total. The summed E-state index contributed by atoms with van der Waals surface area (Å²) in [7, 11) is 0. The lowest BCUT2D eigenvalue weighted by atomic mass is 10.1. The number of hydrogen-bond donors (Lipinski definition) is 0. The SMILES string of the molecule is CC(C)CC(=O)N(CC(=O)N1CCN(c2ccc(-c3ccc(Cl)cc3Cl)nn2)CC1)C(C)C. The maximum Gasteiger partial charge on any atom is 0.242 e. The Morgan fingerprint density at radius 2 is 1.70 bits per heavy atom. The molecule has 2 heterocycles. The molecule has 0 atom stereocenters. The van der Waals surface area contributed by atoms with Crippen LogP contribution in [0, 0.1) is 5.92 Å². The monoisotopic (exact) mass is 491 g/mol. The van der Waals surface area contributed by atoms with Crippen molar-refractivity contribution in [1.82, 2.24) is 20.0 Å². The summed E-state index contributed by atoms with van der Waals surface area (Å²) in [4.78, 5) is 31.0. The maximum atomic E-state index is 12.9. The van der Waals surface area contributed by atoms with Crippen LogP contribution in [0.3, 0.4) is 0 Å². The fourth-order valence-corrected chi connectivity index (χ4v) is 4.30. The van der Waals surface area contributed by atoms with Gasteiger partial charge >= 0.3 is 0 Å². The zero-order chi connectivity index (χ0) is 24.1. The van der Waals surface area contributed by atoms with Crippen molar-refractivity contribution in [3.8, 4) is 11.3 Å². The highest BCUT2D eigenvalue weighted by atomic mass is 35.5. The van der Waals surface area contributed by atoms with Crippen LogP contribution in [0.25, 0.3) is 11.3 Å². The van der Waals surface area contributed by atoms with Crippen LogP contribution in [-0.4, -0.2) is 70.6 Å². The van der Waals surface area contributed by atoms with Gasteiger partial charge in [-0.05, 0) is 50.1 Å². The molecule has 0 bridgehead atoms. The molecule has 0 saturated carbocycles. The van der Waals surface area contributed by atoms with E-state index in [1.807, 2.05) is 50.8 Å². The number of rotatable bonds is 7. The standard InChI is InChI=1S/C24H31Cl2N5O2/c1-16(2)13-23(32)31(17(3)4)15-24(33)30-11-9-29(10-12-30)22-8-7-21(27-28-22)19-6-5-18(25)14-20(19)26/h5-8,14,16-17H,9-13,15H2,1-4H3. The van der Waals surface area contributed by atoms with E-state index in [9.17, 15) is 9.59 Å². The van der Waals surface area contributed by atoms with Crippen LogP contribution in [0.1, 0.15) is 34.1 Å². The van der Waals surface area contributed by atoms with Crippen molar-refractivity contribution in [2.45, 2.75) is 40.2 Å². The lowest BCUT2D eigenvalue weighted by Gasteiger charge is -2.37. The first-order valence-electron chi connectivity index (χ1n) is 11.3. The van der Waals surface area contributed by atoms with Gasteiger partial charge in [-0.15, -0.1) is 10.2 Å². The summed E-state index contributed by atoms with van der Waals surface area (Å²) in [6, 6.07) is 9.06. The zero-order valence-electron chi connectivity index (χ0n) is 19.6. The van der Waals surface area contributed by atoms with Gasteiger partial charge in [0.25, 0.3) is 0 Å². The predicted octanol–water partition coefficient (Wildman–Crippen LogP) is 4.38. The van der Waals surface area contributed by atoms with Gasteiger partial charge in [0, 0.05) is 49.2 Å². The topological polar surface area (TPSA) is 69.6 Å². The Kier molecular flexibility index (Phi) is 8.54. The molecule has 2 amide bonds. The summed E-state index contributed by atoms with van der Waals surface area (Å²) < 4.78 is 0. The van der Waals surface area contributed by atoms with Crippen LogP contribution in [-0.2, 0) is 9.59 Å². The molecular weight excluding hydrogens is 461 g/mol. The van der Waals surface area contributed by atoms with Gasteiger partial charge in [0.1, 0.15) is 0 Å². The van der Waals surface area contributed by atoms with Gasteiger partial charge in [-0.3, -0.25) is 9.59 Å². The molecule has 1 fully saturated rings. The molecular formula is C24H31Cl2N5O2. The second-order valence-electron chi connectivity index (χ2n) is 8.98. The van der Waals surface area contributed by atoms with Gasteiger partial charge in [-0.2, -0.15) is 0 Å². The lowest BCUT2D eigenvalue weighted by Crippen LogP contribution is -2.53. The van der Waals surface area contributed by atoms with Gasteiger partial charge in [0.2, 0.25) is 11.8 Å². The van der Waals surface area contributed by atoms with E-state index in [1.54, 1.807) is 17.0 Å². The first kappa shape index (κ1) is 25.2. The Balaban J connectivity index is 1.57. The second-order valence-corrected chi connectivity index (χ2v) is 9.83. The largest absolute Gasteiger partial charge is 0.352 e. The molecule has 178 valence electrons. The number of halogens is 2. The van der Waals surface area contributed by atoms with Crippen molar-refractivity contribution in [1.29, 1.82) is 0 Å². The number of aromatic nitrogens is 2. The van der Waals surface area contributed by atoms with Crippen molar-refractivity contribution in [3.05, 3.63) is 40.4 Å². The van der Waals surface area contributed by atoms with Crippen LogP contribution in [0.4, 0.5) is 5.82 Å². The van der Waals surface area contributed by atoms with E-state index in [0.29, 0.717) is 48.3 Å². The molecule has 1 aliphatic heterocycles. The van der Waals surface area contributed by atoms with Crippen molar-refractivity contribution in [2.75, 3.05) is 37.6 Å². The van der Waals surface area contributed by atoms with Crippen LogP contribution < -0.4 is 4.90 Å². The first-order valence-corrected chi connectivity index (χ1v) is 12.0. The summed E-state index contributed by atoms with van der Waals surface area (Å²) in [5.74, 6) is 1.04. The Labute approximate surface area is 205 Å². The highest BCUT2D eigenvalue weighted by molar-refractivity contribution is 6.36. The predicted molar refractivity (Wildman–Crippen MR) is 133 cm³/mol. The molecule has 0 N–H and O–H groups in total. The number of nitrogens with zero attached hydrogens (tertiary/aromatic N) is 5. The molecule has 3 rings (SSSR count). The molecule has 2 aromatic rings. The Morgan fingerprint density at radius 3 is 2.24 bits per heavy atom. The van der Waals surface area contributed by atoms with E-state index < -0.39 is 0 Å². The molecule has 1 aromatic carbocycles. The van der Waals surface area contributed by atoms with E-state index in [2.05, 4.69) is 15.1 Å². The van der Waals surface area contributed by atoms with E-state index in [4.69, 9.17) is 23.2 Å². The van der Waals surface area contributed by atoms with E-state index in [0.717, 1.165) is 11.4 Å².